The Balaban J connectivity index is 1.76. The maximum absolute atomic E-state index is 14.0. The number of aromatic nitrogens is 3. The predicted molar refractivity (Wildman–Crippen MR) is 80.3 cm³/mol. The van der Waals surface area contributed by atoms with Gasteiger partial charge in [0.05, 0.1) is 36.8 Å². The minimum Gasteiger partial charge on any atom is -0.487 e. The first-order valence-electron chi connectivity index (χ1n) is 7.38. The molecule has 1 aliphatic rings. The third-order valence-corrected chi connectivity index (χ3v) is 4.11. The molecule has 0 unspecified atom stereocenters. The van der Waals surface area contributed by atoms with Crippen LogP contribution in [0.2, 0.25) is 0 Å². The summed E-state index contributed by atoms with van der Waals surface area (Å²) in [6.07, 6.45) is 3.76. The monoisotopic (exact) mass is 319 g/mol. The number of ether oxygens (including phenoxy) is 2. The average Bonchev–Trinajstić information content (AvgIpc) is 2.83. The molecule has 1 saturated carbocycles. The largest absolute Gasteiger partial charge is 0.487 e. The minimum absolute atomic E-state index is 0.143. The predicted octanol–water partition coefficient (Wildman–Crippen LogP) is 2.26. The van der Waals surface area contributed by atoms with Gasteiger partial charge in [0.15, 0.2) is 11.6 Å². The lowest BCUT2D eigenvalue weighted by molar-refractivity contribution is -0.151. The zero-order valence-corrected chi connectivity index (χ0v) is 13.2. The quantitative estimate of drug-likeness (QED) is 0.809. The van der Waals surface area contributed by atoms with Crippen LogP contribution in [0.5, 0.6) is 5.75 Å². The summed E-state index contributed by atoms with van der Waals surface area (Å²) in [4.78, 5) is 15.5. The van der Waals surface area contributed by atoms with Gasteiger partial charge in [-0.15, -0.1) is 0 Å². The van der Waals surface area contributed by atoms with Crippen molar-refractivity contribution < 1.29 is 18.7 Å². The van der Waals surface area contributed by atoms with E-state index in [0.29, 0.717) is 18.5 Å². The first-order chi connectivity index (χ1) is 11.0. The Morgan fingerprint density at radius 1 is 1.39 bits per heavy atom. The van der Waals surface area contributed by atoms with Crippen molar-refractivity contribution >= 4 is 5.97 Å². The van der Waals surface area contributed by atoms with Crippen LogP contribution >= 0.6 is 0 Å². The molecule has 3 rings (SSSR count). The van der Waals surface area contributed by atoms with Crippen molar-refractivity contribution in [2.45, 2.75) is 25.9 Å². The molecule has 0 spiro atoms. The normalized spacial score (nSPS) is 20.0. The second-order valence-corrected chi connectivity index (χ2v) is 5.73. The molecule has 2 heterocycles. The Labute approximate surface area is 133 Å². The molecule has 0 radical (unpaired) electrons. The van der Waals surface area contributed by atoms with Crippen LogP contribution in [0.25, 0.3) is 11.4 Å². The summed E-state index contributed by atoms with van der Waals surface area (Å²) in [5.41, 5.74) is 2.37. The van der Waals surface area contributed by atoms with Gasteiger partial charge in [0.25, 0.3) is 0 Å². The number of pyridine rings is 1. The molecule has 2 aromatic rings. The molecule has 0 aromatic carbocycles. The topological polar surface area (TPSA) is 66.2 Å². The van der Waals surface area contributed by atoms with E-state index >= 15 is 0 Å². The number of methoxy groups -OCH3 is 1. The number of hydrogen-bond donors (Lipinski definition) is 0. The average molecular weight is 319 g/mol. The molecule has 0 saturated heterocycles. The Morgan fingerprint density at radius 2 is 2.13 bits per heavy atom. The molecule has 1 aliphatic carbocycles. The van der Waals surface area contributed by atoms with Gasteiger partial charge in [-0.1, -0.05) is 0 Å². The Bertz CT molecular complexity index is 719. The van der Waals surface area contributed by atoms with Gasteiger partial charge in [-0.3, -0.25) is 14.5 Å². The standard InChI is InChI=1S/C16H18FN3O3/c1-9-7-19-20(2)15(9)13-6-14(12(17)8-18-13)23-11-4-10(5-11)16(21)22-3/h6-8,10-11H,4-5H2,1-3H3. The van der Waals surface area contributed by atoms with Gasteiger partial charge in [-0.05, 0) is 25.3 Å². The summed E-state index contributed by atoms with van der Waals surface area (Å²) < 4.78 is 26.0. The Hall–Kier alpha value is -2.44. The van der Waals surface area contributed by atoms with E-state index < -0.39 is 5.82 Å². The van der Waals surface area contributed by atoms with Gasteiger partial charge >= 0.3 is 5.97 Å². The molecule has 0 bridgehead atoms. The number of carbonyl (C=O) groups is 1. The highest BCUT2D eigenvalue weighted by molar-refractivity contribution is 5.73. The van der Waals surface area contributed by atoms with E-state index in [4.69, 9.17) is 4.74 Å². The van der Waals surface area contributed by atoms with Crippen molar-refractivity contribution in [3.8, 4) is 17.1 Å². The number of hydrogen-bond acceptors (Lipinski definition) is 5. The van der Waals surface area contributed by atoms with Crippen molar-refractivity contribution in [3.63, 3.8) is 0 Å². The van der Waals surface area contributed by atoms with E-state index in [0.717, 1.165) is 17.5 Å². The number of carbonyl (C=O) groups excluding carboxylic acids is 1. The van der Waals surface area contributed by atoms with Crippen LogP contribution in [-0.4, -0.2) is 33.9 Å². The second kappa shape index (κ2) is 5.98. The maximum Gasteiger partial charge on any atom is 0.308 e. The highest BCUT2D eigenvalue weighted by atomic mass is 19.1. The molecule has 0 amide bonds. The van der Waals surface area contributed by atoms with Crippen LogP contribution in [0, 0.1) is 18.7 Å². The highest BCUT2D eigenvalue weighted by Gasteiger charge is 2.37. The highest BCUT2D eigenvalue weighted by Crippen LogP contribution is 2.34. The Morgan fingerprint density at radius 3 is 2.74 bits per heavy atom. The van der Waals surface area contributed by atoms with E-state index in [2.05, 4.69) is 14.8 Å². The van der Waals surface area contributed by atoms with Crippen LogP contribution in [0.4, 0.5) is 4.39 Å². The van der Waals surface area contributed by atoms with Gasteiger partial charge in [0, 0.05) is 13.1 Å². The summed E-state index contributed by atoms with van der Waals surface area (Å²) in [5.74, 6) is -0.779. The summed E-state index contributed by atoms with van der Waals surface area (Å²) in [6, 6.07) is 1.57. The molecular formula is C16H18FN3O3. The van der Waals surface area contributed by atoms with Gasteiger partial charge in [0.2, 0.25) is 0 Å². The van der Waals surface area contributed by atoms with E-state index in [1.165, 1.54) is 7.11 Å². The fourth-order valence-corrected chi connectivity index (χ4v) is 2.76. The zero-order valence-electron chi connectivity index (χ0n) is 13.2. The van der Waals surface area contributed by atoms with Crippen LogP contribution in [-0.2, 0) is 16.6 Å². The van der Waals surface area contributed by atoms with Crippen molar-refractivity contribution in [2.24, 2.45) is 13.0 Å². The molecular weight excluding hydrogens is 301 g/mol. The fourth-order valence-electron chi connectivity index (χ4n) is 2.76. The van der Waals surface area contributed by atoms with E-state index in [1.54, 1.807) is 24.0 Å². The molecule has 1 fully saturated rings. The number of nitrogens with zero attached hydrogens (tertiary/aromatic N) is 3. The summed E-state index contributed by atoms with van der Waals surface area (Å²) in [5, 5.41) is 4.16. The molecule has 122 valence electrons. The van der Waals surface area contributed by atoms with Crippen LogP contribution in [0.1, 0.15) is 18.4 Å². The number of esters is 1. The lowest BCUT2D eigenvalue weighted by atomic mass is 9.82. The molecule has 2 aromatic heterocycles. The maximum atomic E-state index is 14.0. The molecule has 0 aliphatic heterocycles. The smallest absolute Gasteiger partial charge is 0.308 e. The molecule has 23 heavy (non-hydrogen) atoms. The van der Waals surface area contributed by atoms with Gasteiger partial charge < -0.3 is 9.47 Å². The third-order valence-electron chi connectivity index (χ3n) is 4.11. The van der Waals surface area contributed by atoms with Gasteiger partial charge in [-0.25, -0.2) is 4.39 Å². The second-order valence-electron chi connectivity index (χ2n) is 5.73. The molecule has 6 nitrogen and oxygen atoms in total. The van der Waals surface area contributed by atoms with Crippen LogP contribution < -0.4 is 4.74 Å². The van der Waals surface area contributed by atoms with Crippen molar-refractivity contribution in [1.82, 2.24) is 14.8 Å². The van der Waals surface area contributed by atoms with Crippen LogP contribution in [0.15, 0.2) is 18.5 Å². The third kappa shape index (κ3) is 2.91. The lowest BCUT2D eigenvalue weighted by Crippen LogP contribution is -2.39. The number of aryl methyl sites for hydroxylation is 2. The summed E-state index contributed by atoms with van der Waals surface area (Å²) >= 11 is 0. The van der Waals surface area contributed by atoms with Crippen LogP contribution in [0.3, 0.4) is 0 Å². The van der Waals surface area contributed by atoms with Crippen molar-refractivity contribution in [3.05, 3.63) is 29.8 Å². The van der Waals surface area contributed by atoms with Gasteiger partial charge in [-0.2, -0.15) is 5.10 Å². The lowest BCUT2D eigenvalue weighted by Gasteiger charge is -2.33. The zero-order chi connectivity index (χ0) is 16.6. The Kier molecular flexibility index (Phi) is 4.02. The van der Waals surface area contributed by atoms with Gasteiger partial charge in [0.1, 0.15) is 6.10 Å². The molecule has 0 N–H and O–H groups in total. The fraction of sp³-hybridized carbons (Fsp3) is 0.438. The number of halogens is 1. The van der Waals surface area contributed by atoms with E-state index in [-0.39, 0.29) is 23.7 Å². The summed E-state index contributed by atoms with van der Waals surface area (Å²) in [7, 11) is 3.17. The summed E-state index contributed by atoms with van der Waals surface area (Å²) in [6.45, 7) is 1.92. The minimum atomic E-state index is -0.518. The van der Waals surface area contributed by atoms with E-state index in [1.807, 2.05) is 6.92 Å². The van der Waals surface area contributed by atoms with Crippen molar-refractivity contribution in [2.75, 3.05) is 7.11 Å². The van der Waals surface area contributed by atoms with Crippen molar-refractivity contribution in [1.29, 1.82) is 0 Å². The number of rotatable bonds is 4. The first-order valence-corrected chi connectivity index (χ1v) is 7.38. The SMILES string of the molecule is COC(=O)C1CC(Oc2cc(-c3c(C)cnn3C)ncc2F)C1. The first kappa shape index (κ1) is 15.5. The molecule has 7 heteroatoms. The molecule has 0 atom stereocenters. The van der Waals surface area contributed by atoms with E-state index in [9.17, 15) is 9.18 Å².